The predicted molar refractivity (Wildman–Crippen MR) is 76.6 cm³/mol. The molecular formula is C15H22N2O2. The highest BCUT2D eigenvalue weighted by atomic mass is 16.5. The van der Waals surface area contributed by atoms with Gasteiger partial charge in [-0.2, -0.15) is 0 Å². The number of hydrogen-bond acceptors (Lipinski definition) is 2. The smallest absolute Gasteiger partial charge is 0.319 e. The van der Waals surface area contributed by atoms with Crippen molar-refractivity contribution in [1.82, 2.24) is 5.32 Å². The molecule has 2 N–H and O–H groups in total. The van der Waals surface area contributed by atoms with Gasteiger partial charge in [0.25, 0.3) is 0 Å². The number of anilines is 1. The summed E-state index contributed by atoms with van der Waals surface area (Å²) in [6.07, 6.45) is 5.89. The molecule has 1 aliphatic carbocycles. The average molecular weight is 262 g/mol. The maximum absolute atomic E-state index is 11.9. The third-order valence-corrected chi connectivity index (χ3v) is 3.34. The highest BCUT2D eigenvalue weighted by Gasteiger charge is 2.15. The number of urea groups is 1. The van der Waals surface area contributed by atoms with Gasteiger partial charge in [-0.25, -0.2) is 4.79 Å². The molecule has 0 heterocycles. The van der Waals surface area contributed by atoms with Crippen LogP contribution in [0.5, 0.6) is 5.75 Å². The summed E-state index contributed by atoms with van der Waals surface area (Å²) in [4.78, 5) is 11.9. The van der Waals surface area contributed by atoms with Gasteiger partial charge in [-0.05, 0) is 31.9 Å². The van der Waals surface area contributed by atoms with Crippen molar-refractivity contribution in [2.24, 2.45) is 0 Å². The molecule has 2 rings (SSSR count). The van der Waals surface area contributed by atoms with Gasteiger partial charge in [0.1, 0.15) is 5.75 Å². The molecule has 0 saturated heterocycles. The molecule has 4 heteroatoms. The fourth-order valence-electron chi connectivity index (χ4n) is 2.43. The second-order valence-electron chi connectivity index (χ2n) is 4.89. The van der Waals surface area contributed by atoms with E-state index in [1.54, 1.807) is 0 Å². The maximum Gasteiger partial charge on any atom is 0.319 e. The van der Waals surface area contributed by atoms with Gasteiger partial charge in [-0.1, -0.05) is 25.3 Å². The maximum atomic E-state index is 11.9. The molecule has 1 aromatic rings. The third-order valence-electron chi connectivity index (χ3n) is 3.34. The Balaban J connectivity index is 1.85. The molecule has 0 bridgehead atoms. The van der Waals surface area contributed by atoms with E-state index in [0.717, 1.165) is 24.3 Å². The standard InChI is InChI=1S/C15H22N2O2/c1-2-19-14-10-6-9-13(11-14)17-15(18)16-12-7-4-3-5-8-12/h6,9-12H,2-5,7-8H2,1H3,(H2,16,17,18). The van der Waals surface area contributed by atoms with Crippen molar-refractivity contribution < 1.29 is 9.53 Å². The van der Waals surface area contributed by atoms with Gasteiger partial charge in [0.2, 0.25) is 0 Å². The van der Waals surface area contributed by atoms with Crippen LogP contribution in [0, 0.1) is 0 Å². The van der Waals surface area contributed by atoms with Gasteiger partial charge < -0.3 is 15.4 Å². The number of carbonyl (C=O) groups is 1. The molecule has 0 aromatic heterocycles. The summed E-state index contributed by atoms with van der Waals surface area (Å²) in [5.41, 5.74) is 0.763. The van der Waals surface area contributed by atoms with Crippen LogP contribution in [0.25, 0.3) is 0 Å². The van der Waals surface area contributed by atoms with E-state index in [4.69, 9.17) is 4.74 Å². The summed E-state index contributed by atoms with van der Waals surface area (Å²) in [7, 11) is 0. The molecule has 0 atom stereocenters. The van der Waals surface area contributed by atoms with E-state index in [1.807, 2.05) is 31.2 Å². The lowest BCUT2D eigenvalue weighted by molar-refractivity contribution is 0.244. The Kier molecular flexibility index (Phi) is 5.07. The molecule has 1 fully saturated rings. The minimum Gasteiger partial charge on any atom is -0.494 e. The molecule has 104 valence electrons. The number of carbonyl (C=O) groups excluding carboxylic acids is 1. The topological polar surface area (TPSA) is 50.4 Å². The van der Waals surface area contributed by atoms with E-state index in [2.05, 4.69) is 10.6 Å². The van der Waals surface area contributed by atoms with Crippen LogP contribution in [-0.4, -0.2) is 18.7 Å². The van der Waals surface area contributed by atoms with Crippen LogP contribution in [0.2, 0.25) is 0 Å². The van der Waals surface area contributed by atoms with E-state index in [1.165, 1.54) is 19.3 Å². The first-order chi connectivity index (χ1) is 9.28. The molecule has 0 spiro atoms. The van der Waals surface area contributed by atoms with Crippen LogP contribution >= 0.6 is 0 Å². The summed E-state index contributed by atoms with van der Waals surface area (Å²) >= 11 is 0. The molecule has 4 nitrogen and oxygen atoms in total. The van der Waals surface area contributed by atoms with Gasteiger partial charge in [-0.3, -0.25) is 0 Å². The zero-order valence-corrected chi connectivity index (χ0v) is 11.4. The number of amides is 2. The highest BCUT2D eigenvalue weighted by Crippen LogP contribution is 2.19. The van der Waals surface area contributed by atoms with E-state index >= 15 is 0 Å². The van der Waals surface area contributed by atoms with Gasteiger partial charge in [0.05, 0.1) is 6.61 Å². The summed E-state index contributed by atoms with van der Waals surface area (Å²) < 4.78 is 5.41. The number of benzene rings is 1. The predicted octanol–water partition coefficient (Wildman–Crippen LogP) is 3.54. The molecule has 2 amide bonds. The van der Waals surface area contributed by atoms with Crippen LogP contribution in [-0.2, 0) is 0 Å². The average Bonchev–Trinajstić information content (AvgIpc) is 2.40. The first kappa shape index (κ1) is 13.7. The van der Waals surface area contributed by atoms with E-state index in [-0.39, 0.29) is 6.03 Å². The van der Waals surface area contributed by atoms with Crippen molar-refractivity contribution >= 4 is 11.7 Å². The quantitative estimate of drug-likeness (QED) is 0.872. The lowest BCUT2D eigenvalue weighted by atomic mass is 9.96. The number of hydrogen-bond donors (Lipinski definition) is 2. The van der Waals surface area contributed by atoms with E-state index < -0.39 is 0 Å². The van der Waals surface area contributed by atoms with Crippen LogP contribution in [0.4, 0.5) is 10.5 Å². The monoisotopic (exact) mass is 262 g/mol. The molecule has 0 unspecified atom stereocenters. The lowest BCUT2D eigenvalue weighted by Gasteiger charge is -2.22. The minimum atomic E-state index is -0.124. The minimum absolute atomic E-state index is 0.124. The first-order valence-corrected chi connectivity index (χ1v) is 7.08. The second-order valence-corrected chi connectivity index (χ2v) is 4.89. The fourth-order valence-corrected chi connectivity index (χ4v) is 2.43. The Morgan fingerprint density at radius 2 is 2.11 bits per heavy atom. The van der Waals surface area contributed by atoms with Gasteiger partial charge in [0.15, 0.2) is 0 Å². The zero-order chi connectivity index (χ0) is 13.5. The number of ether oxygens (including phenoxy) is 1. The largest absolute Gasteiger partial charge is 0.494 e. The van der Waals surface area contributed by atoms with Gasteiger partial charge >= 0.3 is 6.03 Å². The Morgan fingerprint density at radius 3 is 2.84 bits per heavy atom. The van der Waals surface area contributed by atoms with Crippen molar-refractivity contribution in [3.63, 3.8) is 0 Å². The van der Waals surface area contributed by atoms with Crippen molar-refractivity contribution in [2.75, 3.05) is 11.9 Å². The van der Waals surface area contributed by atoms with Crippen LogP contribution in [0.15, 0.2) is 24.3 Å². The third kappa shape index (κ3) is 4.47. The Labute approximate surface area is 114 Å². The van der Waals surface area contributed by atoms with Gasteiger partial charge in [0, 0.05) is 17.8 Å². The Bertz CT molecular complexity index is 414. The van der Waals surface area contributed by atoms with Crippen LogP contribution in [0.1, 0.15) is 39.0 Å². The van der Waals surface area contributed by atoms with E-state index in [9.17, 15) is 4.79 Å². The molecule has 1 aliphatic rings. The highest BCUT2D eigenvalue weighted by molar-refractivity contribution is 5.89. The summed E-state index contributed by atoms with van der Waals surface area (Å²) in [5, 5.41) is 5.89. The summed E-state index contributed by atoms with van der Waals surface area (Å²) in [5.74, 6) is 0.776. The van der Waals surface area contributed by atoms with Gasteiger partial charge in [-0.15, -0.1) is 0 Å². The summed E-state index contributed by atoms with van der Waals surface area (Å²) in [6.45, 7) is 2.56. The Morgan fingerprint density at radius 1 is 1.32 bits per heavy atom. The molecule has 0 aliphatic heterocycles. The Hall–Kier alpha value is -1.71. The van der Waals surface area contributed by atoms with Crippen LogP contribution < -0.4 is 15.4 Å². The van der Waals surface area contributed by atoms with Crippen molar-refractivity contribution in [3.8, 4) is 5.75 Å². The summed E-state index contributed by atoms with van der Waals surface area (Å²) in [6, 6.07) is 7.66. The number of nitrogens with one attached hydrogen (secondary N) is 2. The SMILES string of the molecule is CCOc1cccc(NC(=O)NC2CCCCC2)c1. The van der Waals surface area contributed by atoms with Crippen molar-refractivity contribution in [2.45, 2.75) is 45.1 Å². The zero-order valence-electron chi connectivity index (χ0n) is 11.4. The molecule has 0 radical (unpaired) electrons. The first-order valence-electron chi connectivity index (χ1n) is 7.08. The van der Waals surface area contributed by atoms with Crippen LogP contribution in [0.3, 0.4) is 0 Å². The molecule has 1 aromatic carbocycles. The molecular weight excluding hydrogens is 240 g/mol. The normalized spacial score (nSPS) is 15.8. The molecule has 1 saturated carbocycles. The van der Waals surface area contributed by atoms with Crippen molar-refractivity contribution in [1.29, 1.82) is 0 Å². The second kappa shape index (κ2) is 7.02. The van der Waals surface area contributed by atoms with E-state index in [0.29, 0.717) is 12.6 Å². The fraction of sp³-hybridized carbons (Fsp3) is 0.533. The molecule has 19 heavy (non-hydrogen) atoms. The lowest BCUT2D eigenvalue weighted by Crippen LogP contribution is -2.38. The number of rotatable bonds is 4. The van der Waals surface area contributed by atoms with Crippen molar-refractivity contribution in [3.05, 3.63) is 24.3 Å².